The Hall–Kier alpha value is -2.41. The molecule has 1 heterocycles. The van der Waals surface area contributed by atoms with Crippen LogP contribution in [0.4, 0.5) is 11.5 Å². The first-order valence-electron chi connectivity index (χ1n) is 5.69. The van der Waals surface area contributed by atoms with Crippen LogP contribution in [0.15, 0.2) is 47.5 Å². The molecule has 0 bridgehead atoms. The number of aromatic nitrogens is 1. The number of carbonyl (C=O) groups is 1. The minimum absolute atomic E-state index is 0.0978. The van der Waals surface area contributed by atoms with Crippen LogP contribution in [-0.2, 0) is 9.84 Å². The third-order valence-corrected chi connectivity index (χ3v) is 3.68. The largest absolute Gasteiger partial charge is 0.384 e. The molecule has 0 aliphatic rings. The number of amides is 1. The maximum absolute atomic E-state index is 12.0. The van der Waals surface area contributed by atoms with Gasteiger partial charge in [-0.2, -0.15) is 0 Å². The van der Waals surface area contributed by atoms with E-state index in [0.717, 1.165) is 6.26 Å². The van der Waals surface area contributed by atoms with Crippen molar-refractivity contribution in [1.82, 2.24) is 4.98 Å². The molecular weight excluding hydrogens is 278 g/mol. The normalized spacial score (nSPS) is 11.1. The van der Waals surface area contributed by atoms with Gasteiger partial charge >= 0.3 is 0 Å². The van der Waals surface area contributed by atoms with Gasteiger partial charge in [-0.15, -0.1) is 0 Å². The maximum Gasteiger partial charge on any atom is 0.255 e. The highest BCUT2D eigenvalue weighted by Crippen LogP contribution is 2.14. The van der Waals surface area contributed by atoms with Crippen molar-refractivity contribution in [3.8, 4) is 0 Å². The second kappa shape index (κ2) is 5.30. The lowest BCUT2D eigenvalue weighted by Crippen LogP contribution is -2.13. The number of benzene rings is 1. The van der Waals surface area contributed by atoms with E-state index in [0.29, 0.717) is 11.5 Å². The number of rotatable bonds is 3. The summed E-state index contributed by atoms with van der Waals surface area (Å²) in [5.74, 6) is -0.0656. The molecule has 2 aromatic rings. The molecule has 0 saturated heterocycles. The molecule has 0 fully saturated rings. The molecule has 0 saturated carbocycles. The number of pyridine rings is 1. The summed E-state index contributed by atoms with van der Waals surface area (Å²) in [6, 6.07) is 9.00. The smallest absolute Gasteiger partial charge is 0.255 e. The molecular formula is C13H13N3O3S. The fourth-order valence-electron chi connectivity index (χ4n) is 1.55. The van der Waals surface area contributed by atoms with Crippen LogP contribution in [0, 0.1) is 0 Å². The highest BCUT2D eigenvalue weighted by molar-refractivity contribution is 7.90. The Balaban J connectivity index is 2.23. The molecule has 2 rings (SSSR count). The Kier molecular flexibility index (Phi) is 3.71. The fourth-order valence-corrected chi connectivity index (χ4v) is 2.22. The zero-order valence-corrected chi connectivity index (χ0v) is 11.5. The highest BCUT2D eigenvalue weighted by Gasteiger charge is 2.11. The third kappa shape index (κ3) is 3.33. The van der Waals surface area contributed by atoms with Crippen molar-refractivity contribution in [1.29, 1.82) is 0 Å². The van der Waals surface area contributed by atoms with Gasteiger partial charge in [0.25, 0.3) is 5.91 Å². The number of hydrogen-bond acceptors (Lipinski definition) is 5. The molecule has 1 aromatic carbocycles. The predicted octanol–water partition coefficient (Wildman–Crippen LogP) is 1.32. The summed E-state index contributed by atoms with van der Waals surface area (Å²) in [6.07, 6.45) is 2.52. The molecule has 0 atom stereocenters. The minimum atomic E-state index is -3.35. The van der Waals surface area contributed by atoms with Crippen LogP contribution in [0.25, 0.3) is 0 Å². The lowest BCUT2D eigenvalue weighted by Gasteiger charge is -2.06. The minimum Gasteiger partial charge on any atom is -0.384 e. The van der Waals surface area contributed by atoms with E-state index in [4.69, 9.17) is 5.73 Å². The molecule has 1 aromatic heterocycles. The fraction of sp³-hybridized carbons (Fsp3) is 0.0769. The standard InChI is InChI=1S/C13H13N3O3S/c1-20(18,19)11-4-2-3-9(7-11)13(17)16-10-5-6-12(14)15-8-10/h2-8H,1H3,(H2,14,15)(H,16,17). The SMILES string of the molecule is CS(=O)(=O)c1cccc(C(=O)Nc2ccc(N)nc2)c1. The van der Waals surface area contributed by atoms with Gasteiger partial charge in [0.15, 0.2) is 9.84 Å². The van der Waals surface area contributed by atoms with E-state index in [1.807, 2.05) is 0 Å². The van der Waals surface area contributed by atoms with Gasteiger partial charge in [0.05, 0.1) is 16.8 Å². The van der Waals surface area contributed by atoms with Crippen molar-refractivity contribution in [3.63, 3.8) is 0 Å². The average Bonchev–Trinajstić information content (AvgIpc) is 2.40. The van der Waals surface area contributed by atoms with Crippen LogP contribution in [-0.4, -0.2) is 25.6 Å². The summed E-state index contributed by atoms with van der Waals surface area (Å²) in [7, 11) is -3.35. The summed E-state index contributed by atoms with van der Waals surface area (Å²) in [5.41, 5.74) is 6.18. The molecule has 3 N–H and O–H groups in total. The Bertz CT molecular complexity index is 740. The van der Waals surface area contributed by atoms with E-state index in [2.05, 4.69) is 10.3 Å². The van der Waals surface area contributed by atoms with Gasteiger partial charge in [0.2, 0.25) is 0 Å². The Morgan fingerprint density at radius 3 is 2.60 bits per heavy atom. The molecule has 0 spiro atoms. The average molecular weight is 291 g/mol. The van der Waals surface area contributed by atoms with Gasteiger partial charge in [-0.3, -0.25) is 4.79 Å². The second-order valence-electron chi connectivity index (χ2n) is 4.23. The van der Waals surface area contributed by atoms with E-state index < -0.39 is 15.7 Å². The van der Waals surface area contributed by atoms with Crippen LogP contribution in [0.1, 0.15) is 10.4 Å². The van der Waals surface area contributed by atoms with Crippen molar-refractivity contribution in [3.05, 3.63) is 48.2 Å². The molecule has 104 valence electrons. The number of nitrogens with zero attached hydrogens (tertiary/aromatic N) is 1. The van der Waals surface area contributed by atoms with Crippen molar-refractivity contribution in [2.45, 2.75) is 4.90 Å². The molecule has 0 radical (unpaired) electrons. The second-order valence-corrected chi connectivity index (χ2v) is 6.24. The molecule has 0 aliphatic carbocycles. The maximum atomic E-state index is 12.0. The Morgan fingerprint density at radius 1 is 1.25 bits per heavy atom. The molecule has 6 nitrogen and oxygen atoms in total. The zero-order valence-electron chi connectivity index (χ0n) is 10.7. The monoisotopic (exact) mass is 291 g/mol. The molecule has 0 aliphatic heterocycles. The first kappa shape index (κ1) is 14.0. The quantitative estimate of drug-likeness (QED) is 0.888. The van der Waals surface area contributed by atoms with Gasteiger partial charge in [-0.05, 0) is 30.3 Å². The first-order valence-corrected chi connectivity index (χ1v) is 7.58. The van der Waals surface area contributed by atoms with Crippen molar-refractivity contribution < 1.29 is 13.2 Å². The van der Waals surface area contributed by atoms with Crippen LogP contribution in [0.5, 0.6) is 0 Å². The van der Waals surface area contributed by atoms with E-state index in [1.165, 1.54) is 30.5 Å². The van der Waals surface area contributed by atoms with Crippen LogP contribution < -0.4 is 11.1 Å². The summed E-state index contributed by atoms with van der Waals surface area (Å²) in [5, 5.41) is 2.61. The van der Waals surface area contributed by atoms with Gasteiger partial charge in [0.1, 0.15) is 5.82 Å². The van der Waals surface area contributed by atoms with Crippen molar-refractivity contribution in [2.75, 3.05) is 17.3 Å². The van der Waals surface area contributed by atoms with E-state index in [9.17, 15) is 13.2 Å². The lowest BCUT2D eigenvalue weighted by atomic mass is 10.2. The molecule has 20 heavy (non-hydrogen) atoms. The number of carbonyl (C=O) groups excluding carboxylic acids is 1. The zero-order chi connectivity index (χ0) is 14.8. The number of anilines is 2. The number of nitrogens with one attached hydrogen (secondary N) is 1. The van der Waals surface area contributed by atoms with E-state index in [-0.39, 0.29) is 10.5 Å². The van der Waals surface area contributed by atoms with E-state index >= 15 is 0 Å². The number of sulfone groups is 1. The number of nitrogen functional groups attached to an aromatic ring is 1. The molecule has 7 heteroatoms. The van der Waals surface area contributed by atoms with Crippen molar-refractivity contribution in [2.24, 2.45) is 0 Å². The molecule has 0 unspecified atom stereocenters. The third-order valence-electron chi connectivity index (χ3n) is 2.57. The van der Waals surface area contributed by atoms with Crippen LogP contribution >= 0.6 is 0 Å². The summed E-state index contributed by atoms with van der Waals surface area (Å²) in [6.45, 7) is 0. The van der Waals surface area contributed by atoms with E-state index in [1.54, 1.807) is 12.1 Å². The summed E-state index contributed by atoms with van der Waals surface area (Å²) < 4.78 is 22.9. The Labute approximate surface area is 116 Å². The Morgan fingerprint density at radius 2 is 2.00 bits per heavy atom. The van der Waals surface area contributed by atoms with Crippen LogP contribution in [0.2, 0.25) is 0 Å². The summed E-state index contributed by atoms with van der Waals surface area (Å²) >= 11 is 0. The first-order chi connectivity index (χ1) is 9.36. The summed E-state index contributed by atoms with van der Waals surface area (Å²) in [4.78, 5) is 16.0. The number of hydrogen-bond donors (Lipinski definition) is 2. The van der Waals surface area contributed by atoms with Gasteiger partial charge in [0, 0.05) is 11.8 Å². The molecule has 1 amide bonds. The topological polar surface area (TPSA) is 102 Å². The lowest BCUT2D eigenvalue weighted by molar-refractivity contribution is 0.102. The number of nitrogens with two attached hydrogens (primary N) is 1. The van der Waals surface area contributed by atoms with Gasteiger partial charge in [-0.1, -0.05) is 6.07 Å². The van der Waals surface area contributed by atoms with Gasteiger partial charge < -0.3 is 11.1 Å². The van der Waals surface area contributed by atoms with Crippen molar-refractivity contribution >= 4 is 27.2 Å². The highest BCUT2D eigenvalue weighted by atomic mass is 32.2. The van der Waals surface area contributed by atoms with Crippen LogP contribution in [0.3, 0.4) is 0 Å². The predicted molar refractivity (Wildman–Crippen MR) is 76.2 cm³/mol. The van der Waals surface area contributed by atoms with Gasteiger partial charge in [-0.25, -0.2) is 13.4 Å².